The molecule has 2 aromatic rings. The number of likely N-dealkylation sites (N-methyl/N-ethyl adjacent to an activating group) is 1. The molecule has 4 rings (SSSR count). The molecule has 2 aliphatic rings. The van der Waals surface area contributed by atoms with Crippen LogP contribution in [0.4, 0.5) is 23.1 Å². The minimum atomic E-state index is -0.0531. The van der Waals surface area contributed by atoms with E-state index in [0.717, 1.165) is 49.1 Å². The summed E-state index contributed by atoms with van der Waals surface area (Å²) in [6.07, 6.45) is 5.79. The molecule has 0 spiro atoms. The number of hydrogen-bond acceptors (Lipinski definition) is 7. The van der Waals surface area contributed by atoms with Crippen LogP contribution in [0.1, 0.15) is 52.0 Å². The Morgan fingerprint density at radius 2 is 2.06 bits per heavy atom. The van der Waals surface area contributed by atoms with Gasteiger partial charge in [0.2, 0.25) is 11.9 Å². The number of nitrogens with one attached hydrogen (secondary N) is 4. The highest BCUT2D eigenvalue weighted by atomic mass is 79.9. The first-order chi connectivity index (χ1) is 16.8. The van der Waals surface area contributed by atoms with Gasteiger partial charge in [-0.1, -0.05) is 13.3 Å². The Hall–Kier alpha value is -2.39. The lowest BCUT2D eigenvalue weighted by molar-refractivity contribution is -0.125. The summed E-state index contributed by atoms with van der Waals surface area (Å²) >= 11 is 3.56. The van der Waals surface area contributed by atoms with Gasteiger partial charge < -0.3 is 26.2 Å². The molecule has 1 aliphatic heterocycles. The van der Waals surface area contributed by atoms with E-state index >= 15 is 0 Å². The highest BCUT2D eigenvalue weighted by molar-refractivity contribution is 9.10. The Morgan fingerprint density at radius 3 is 2.77 bits per heavy atom. The second-order valence-electron chi connectivity index (χ2n) is 10.0. The first-order valence-corrected chi connectivity index (χ1v) is 13.6. The molecule has 35 heavy (non-hydrogen) atoms. The van der Waals surface area contributed by atoms with Gasteiger partial charge >= 0.3 is 0 Å². The van der Waals surface area contributed by atoms with E-state index in [1.807, 2.05) is 13.8 Å². The van der Waals surface area contributed by atoms with Crippen molar-refractivity contribution in [1.82, 2.24) is 20.2 Å². The first-order valence-electron chi connectivity index (χ1n) is 12.8. The molecule has 0 radical (unpaired) electrons. The summed E-state index contributed by atoms with van der Waals surface area (Å²) in [7, 11) is 0. The van der Waals surface area contributed by atoms with Crippen molar-refractivity contribution in [1.29, 1.82) is 0 Å². The number of carbonyl (C=O) groups excluding carboxylic acids is 1. The lowest BCUT2D eigenvalue weighted by Gasteiger charge is -2.23. The maximum atomic E-state index is 12.6. The van der Waals surface area contributed by atoms with E-state index in [1.54, 1.807) is 6.20 Å². The Labute approximate surface area is 217 Å². The van der Waals surface area contributed by atoms with Crippen molar-refractivity contribution < 1.29 is 4.79 Å². The molecular weight excluding hydrogens is 506 g/mol. The van der Waals surface area contributed by atoms with Gasteiger partial charge in [0.05, 0.1) is 10.4 Å². The van der Waals surface area contributed by atoms with Crippen LogP contribution in [-0.2, 0) is 4.79 Å². The largest absolute Gasteiger partial charge is 0.381 e. The molecule has 0 unspecified atom stereocenters. The third-order valence-corrected chi connectivity index (χ3v) is 7.49. The number of benzene rings is 1. The fraction of sp³-hybridized carbons (Fsp3) is 0.577. The fourth-order valence-electron chi connectivity index (χ4n) is 5.03. The van der Waals surface area contributed by atoms with Crippen molar-refractivity contribution in [3.05, 3.63) is 34.4 Å². The van der Waals surface area contributed by atoms with E-state index in [0.29, 0.717) is 17.8 Å². The molecule has 190 valence electrons. The van der Waals surface area contributed by atoms with Gasteiger partial charge in [-0.25, -0.2) is 4.98 Å². The van der Waals surface area contributed by atoms with Crippen LogP contribution < -0.4 is 21.3 Å². The predicted octanol–water partition coefficient (Wildman–Crippen LogP) is 4.90. The van der Waals surface area contributed by atoms with Gasteiger partial charge in [0.15, 0.2) is 0 Å². The minimum absolute atomic E-state index is 0.0531. The average molecular weight is 545 g/mol. The van der Waals surface area contributed by atoms with Crippen LogP contribution in [0.3, 0.4) is 0 Å². The Balaban J connectivity index is 1.40. The van der Waals surface area contributed by atoms with Crippen molar-refractivity contribution in [3.8, 4) is 0 Å². The highest BCUT2D eigenvalue weighted by Crippen LogP contribution is 2.31. The van der Waals surface area contributed by atoms with Crippen molar-refractivity contribution >= 4 is 45.0 Å². The number of hydrogen-bond donors (Lipinski definition) is 4. The summed E-state index contributed by atoms with van der Waals surface area (Å²) in [6.45, 7) is 11.7. The molecule has 1 aromatic heterocycles. The molecule has 1 saturated carbocycles. The van der Waals surface area contributed by atoms with Crippen LogP contribution >= 0.6 is 15.9 Å². The van der Waals surface area contributed by atoms with Gasteiger partial charge in [-0.2, -0.15) is 4.98 Å². The topological polar surface area (TPSA) is 94.2 Å². The summed E-state index contributed by atoms with van der Waals surface area (Å²) < 4.78 is 0.784. The molecular formula is C26H38BrN7O. The van der Waals surface area contributed by atoms with Crippen LogP contribution in [0.15, 0.2) is 28.9 Å². The molecule has 0 bridgehead atoms. The number of likely N-dealkylation sites (tertiary alicyclic amines) is 1. The third-order valence-electron chi connectivity index (χ3n) is 6.91. The number of aromatic nitrogens is 2. The Bertz CT molecular complexity index is 1030. The summed E-state index contributed by atoms with van der Waals surface area (Å²) in [4.78, 5) is 24.3. The van der Waals surface area contributed by atoms with E-state index in [1.165, 1.54) is 17.7 Å². The van der Waals surface area contributed by atoms with Gasteiger partial charge in [-0.3, -0.25) is 4.79 Å². The number of halogens is 1. The molecule has 1 saturated heterocycles. The fourth-order valence-corrected chi connectivity index (χ4v) is 5.34. The first kappa shape index (κ1) is 25.7. The quantitative estimate of drug-likeness (QED) is 0.357. The molecule has 2 fully saturated rings. The Kier molecular flexibility index (Phi) is 8.49. The van der Waals surface area contributed by atoms with Crippen molar-refractivity contribution in [2.75, 3.05) is 35.6 Å². The standard InChI is InChI=1S/C26H38BrN7O/c1-5-34-12-11-19(15-34)30-22-10-9-18(13-17(22)4)31-26-28-14-21(27)24(33-26)32-23-8-6-7-20(23)25(35)29-16(2)3/h9-10,13-14,16,19-20,23,30H,5-8,11-12,15H2,1-4H3,(H,29,35)(H2,28,31,32,33)/t19-,20+,23+/m1/s1. The van der Waals surface area contributed by atoms with Crippen LogP contribution in [0.25, 0.3) is 0 Å². The van der Waals surface area contributed by atoms with Crippen molar-refractivity contribution in [3.63, 3.8) is 0 Å². The number of rotatable bonds is 9. The monoisotopic (exact) mass is 543 g/mol. The van der Waals surface area contributed by atoms with Crippen LogP contribution in [-0.4, -0.2) is 58.5 Å². The van der Waals surface area contributed by atoms with E-state index in [-0.39, 0.29) is 23.9 Å². The number of carbonyl (C=O) groups is 1. The predicted molar refractivity (Wildman–Crippen MR) is 146 cm³/mol. The minimum Gasteiger partial charge on any atom is -0.381 e. The maximum Gasteiger partial charge on any atom is 0.229 e. The van der Waals surface area contributed by atoms with Crippen LogP contribution in [0.2, 0.25) is 0 Å². The normalized spacial score (nSPS) is 22.4. The molecule has 9 heteroatoms. The lowest BCUT2D eigenvalue weighted by Crippen LogP contribution is -2.41. The molecule has 1 aromatic carbocycles. The molecule has 2 heterocycles. The summed E-state index contributed by atoms with van der Waals surface area (Å²) in [5, 5.41) is 13.6. The molecule has 8 nitrogen and oxygen atoms in total. The van der Waals surface area contributed by atoms with Crippen molar-refractivity contribution in [2.45, 2.75) is 71.5 Å². The average Bonchev–Trinajstić information content (AvgIpc) is 3.47. The SMILES string of the molecule is CCN1CC[C@@H](Nc2ccc(Nc3ncc(Br)c(N[C@H]4CCC[C@@H]4C(=O)NC(C)C)n3)cc2C)C1. The van der Waals surface area contributed by atoms with Gasteiger partial charge in [0, 0.05) is 48.8 Å². The van der Waals surface area contributed by atoms with Gasteiger partial charge in [-0.05, 0) is 86.3 Å². The lowest BCUT2D eigenvalue weighted by atomic mass is 10.0. The van der Waals surface area contributed by atoms with Gasteiger partial charge in [0.25, 0.3) is 0 Å². The van der Waals surface area contributed by atoms with Gasteiger partial charge in [-0.15, -0.1) is 0 Å². The number of aryl methyl sites for hydroxylation is 1. The summed E-state index contributed by atoms with van der Waals surface area (Å²) in [6, 6.07) is 7.00. The number of anilines is 4. The smallest absolute Gasteiger partial charge is 0.229 e. The molecule has 1 aliphatic carbocycles. The zero-order valence-corrected chi connectivity index (χ0v) is 22.8. The summed E-state index contributed by atoms with van der Waals surface area (Å²) in [5.41, 5.74) is 3.30. The van der Waals surface area contributed by atoms with E-state index in [4.69, 9.17) is 4.98 Å². The second kappa shape index (κ2) is 11.6. The number of nitrogens with zero attached hydrogens (tertiary/aromatic N) is 3. The third kappa shape index (κ3) is 6.64. The molecule has 1 amide bonds. The second-order valence-corrected chi connectivity index (χ2v) is 10.9. The molecule has 4 N–H and O–H groups in total. The highest BCUT2D eigenvalue weighted by Gasteiger charge is 2.33. The zero-order valence-electron chi connectivity index (χ0n) is 21.2. The Morgan fingerprint density at radius 1 is 1.23 bits per heavy atom. The van der Waals surface area contributed by atoms with Crippen LogP contribution in [0.5, 0.6) is 0 Å². The maximum absolute atomic E-state index is 12.6. The van der Waals surface area contributed by atoms with E-state index < -0.39 is 0 Å². The van der Waals surface area contributed by atoms with E-state index in [2.05, 4.69) is 79.1 Å². The zero-order chi connectivity index (χ0) is 24.9. The molecule has 3 atom stereocenters. The number of amides is 1. The summed E-state index contributed by atoms with van der Waals surface area (Å²) in [5.74, 6) is 1.28. The van der Waals surface area contributed by atoms with Crippen LogP contribution in [0, 0.1) is 12.8 Å². The van der Waals surface area contributed by atoms with Gasteiger partial charge in [0.1, 0.15) is 5.82 Å². The van der Waals surface area contributed by atoms with Crippen molar-refractivity contribution in [2.24, 2.45) is 5.92 Å². The van der Waals surface area contributed by atoms with E-state index in [9.17, 15) is 4.79 Å².